The number of benzene rings is 1. The average Bonchev–Trinajstić information content (AvgIpc) is 3.06. The highest BCUT2D eigenvalue weighted by Gasteiger charge is 2.32. The average molecular weight is 387 g/mol. The zero-order valence-corrected chi connectivity index (χ0v) is 14.2. The van der Waals surface area contributed by atoms with Crippen molar-refractivity contribution < 1.29 is 27.5 Å². The minimum atomic E-state index is -4.84. The molecule has 2 rings (SSSR count). The number of ether oxygens (including phenoxy) is 1. The number of nitrogens with one attached hydrogen (secondary N) is 3. The van der Waals surface area contributed by atoms with Crippen LogP contribution in [0.2, 0.25) is 0 Å². The molecule has 3 N–H and O–H groups in total. The molecule has 0 saturated heterocycles. The Morgan fingerprint density at radius 1 is 1.12 bits per heavy atom. The first-order chi connectivity index (χ1) is 12.3. The molecule has 2 aromatic rings. The van der Waals surface area contributed by atoms with Crippen LogP contribution in [-0.2, 0) is 11.2 Å². The highest BCUT2D eigenvalue weighted by atomic mass is 32.1. The molecule has 0 aliphatic heterocycles. The molecule has 1 heterocycles. The molecule has 3 amide bonds. The van der Waals surface area contributed by atoms with Crippen LogP contribution in [-0.4, -0.2) is 31.4 Å². The lowest BCUT2D eigenvalue weighted by Crippen LogP contribution is -2.42. The van der Waals surface area contributed by atoms with Gasteiger partial charge in [0, 0.05) is 11.4 Å². The normalized spacial score (nSPS) is 10.9. The first kappa shape index (κ1) is 19.6. The summed E-state index contributed by atoms with van der Waals surface area (Å²) in [5.41, 5.74) is -0.0157. The Balaban J connectivity index is 1.75. The lowest BCUT2D eigenvalue weighted by atomic mass is 10.3. The Bertz CT molecular complexity index is 736. The SMILES string of the molecule is O=C(CNc1ccccc1OC(F)(F)F)NC(=O)NCCc1cccs1. The Morgan fingerprint density at radius 3 is 2.58 bits per heavy atom. The number of carbonyl (C=O) groups is 2. The molecule has 0 aliphatic carbocycles. The fourth-order valence-electron chi connectivity index (χ4n) is 1.97. The molecule has 0 saturated carbocycles. The van der Waals surface area contributed by atoms with Gasteiger partial charge in [-0.25, -0.2) is 4.79 Å². The third-order valence-electron chi connectivity index (χ3n) is 3.04. The number of hydrogen-bond donors (Lipinski definition) is 3. The van der Waals surface area contributed by atoms with Gasteiger partial charge < -0.3 is 15.4 Å². The predicted octanol–water partition coefficient (Wildman–Crippen LogP) is 3.13. The molecule has 10 heteroatoms. The van der Waals surface area contributed by atoms with Crippen molar-refractivity contribution in [2.75, 3.05) is 18.4 Å². The summed E-state index contributed by atoms with van der Waals surface area (Å²) < 4.78 is 40.9. The van der Waals surface area contributed by atoms with Gasteiger partial charge >= 0.3 is 12.4 Å². The zero-order chi connectivity index (χ0) is 19.0. The van der Waals surface area contributed by atoms with E-state index in [9.17, 15) is 22.8 Å². The third-order valence-corrected chi connectivity index (χ3v) is 3.98. The number of hydrogen-bond acceptors (Lipinski definition) is 5. The fraction of sp³-hybridized carbons (Fsp3) is 0.250. The number of urea groups is 1. The molecule has 1 aromatic heterocycles. The maximum Gasteiger partial charge on any atom is 0.573 e. The summed E-state index contributed by atoms with van der Waals surface area (Å²) in [4.78, 5) is 24.4. The Hall–Kier alpha value is -2.75. The van der Waals surface area contributed by atoms with Crippen LogP contribution in [0.1, 0.15) is 4.88 Å². The second-order valence-electron chi connectivity index (χ2n) is 5.03. The second kappa shape index (κ2) is 9.09. The maximum absolute atomic E-state index is 12.3. The van der Waals surface area contributed by atoms with Crippen molar-refractivity contribution >= 4 is 29.0 Å². The molecule has 0 bridgehead atoms. The fourth-order valence-corrected chi connectivity index (χ4v) is 2.68. The van der Waals surface area contributed by atoms with Crippen LogP contribution in [0.4, 0.5) is 23.7 Å². The van der Waals surface area contributed by atoms with Crippen LogP contribution in [0, 0.1) is 0 Å². The summed E-state index contributed by atoms with van der Waals surface area (Å²) in [5.74, 6) is -1.16. The van der Waals surface area contributed by atoms with E-state index in [0.29, 0.717) is 13.0 Å². The van der Waals surface area contributed by atoms with Gasteiger partial charge in [-0.05, 0) is 30.0 Å². The summed E-state index contributed by atoms with van der Waals surface area (Å²) in [6.45, 7) is -0.0358. The summed E-state index contributed by atoms with van der Waals surface area (Å²) in [5, 5.41) is 9.04. The summed E-state index contributed by atoms with van der Waals surface area (Å²) >= 11 is 1.56. The van der Waals surface area contributed by atoms with Gasteiger partial charge in [-0.3, -0.25) is 10.1 Å². The highest BCUT2D eigenvalue weighted by Crippen LogP contribution is 2.29. The molecule has 0 aliphatic rings. The van der Waals surface area contributed by atoms with E-state index in [4.69, 9.17) is 0 Å². The highest BCUT2D eigenvalue weighted by molar-refractivity contribution is 7.09. The van der Waals surface area contributed by atoms with Gasteiger partial charge in [0.2, 0.25) is 5.91 Å². The molecular weight excluding hydrogens is 371 g/mol. The number of thiophene rings is 1. The maximum atomic E-state index is 12.3. The summed E-state index contributed by atoms with van der Waals surface area (Å²) in [6, 6.07) is 8.46. The van der Waals surface area contributed by atoms with Crippen molar-refractivity contribution in [3.05, 3.63) is 46.7 Å². The van der Waals surface area contributed by atoms with Crippen LogP contribution >= 0.6 is 11.3 Å². The number of amides is 3. The van der Waals surface area contributed by atoms with Crippen LogP contribution in [0.5, 0.6) is 5.75 Å². The van der Waals surface area contributed by atoms with Gasteiger partial charge in [0.25, 0.3) is 0 Å². The number of imide groups is 1. The molecule has 6 nitrogen and oxygen atoms in total. The largest absolute Gasteiger partial charge is 0.573 e. The standard InChI is InChI=1S/C16H16F3N3O3S/c17-16(18,19)25-13-6-2-1-5-12(13)21-10-14(23)22-15(24)20-8-7-11-4-3-9-26-11/h1-6,9,21H,7-8,10H2,(H2,20,22,23,24). The number of alkyl halides is 3. The van der Waals surface area contributed by atoms with Crippen molar-refractivity contribution in [1.29, 1.82) is 0 Å². The number of rotatable bonds is 7. The molecule has 0 radical (unpaired) electrons. The van der Waals surface area contributed by atoms with E-state index in [1.807, 2.05) is 17.5 Å². The quantitative estimate of drug-likeness (QED) is 0.682. The Kier molecular flexibility index (Phi) is 6.84. The molecular formula is C16H16F3N3O3S. The van der Waals surface area contributed by atoms with Crippen LogP contribution in [0.25, 0.3) is 0 Å². The topological polar surface area (TPSA) is 79.5 Å². The summed E-state index contributed by atoms with van der Waals surface area (Å²) in [6.07, 6.45) is -4.21. The third kappa shape index (κ3) is 7.01. The van der Waals surface area contributed by atoms with Gasteiger partial charge in [0.15, 0.2) is 5.75 Å². The monoisotopic (exact) mass is 387 g/mol. The Morgan fingerprint density at radius 2 is 1.88 bits per heavy atom. The number of halogens is 3. The van der Waals surface area contributed by atoms with Crippen LogP contribution in [0.3, 0.4) is 0 Å². The van der Waals surface area contributed by atoms with Crippen molar-refractivity contribution in [2.24, 2.45) is 0 Å². The van der Waals surface area contributed by atoms with E-state index >= 15 is 0 Å². The van der Waals surface area contributed by atoms with Gasteiger partial charge in [-0.2, -0.15) is 0 Å². The van der Waals surface area contributed by atoms with Gasteiger partial charge in [-0.1, -0.05) is 18.2 Å². The van der Waals surface area contributed by atoms with Crippen LogP contribution in [0.15, 0.2) is 41.8 Å². The predicted molar refractivity (Wildman–Crippen MR) is 91.2 cm³/mol. The minimum Gasteiger partial charge on any atom is -0.404 e. The van der Waals surface area contributed by atoms with E-state index in [-0.39, 0.29) is 5.69 Å². The molecule has 0 fully saturated rings. The zero-order valence-electron chi connectivity index (χ0n) is 13.4. The van der Waals surface area contributed by atoms with E-state index in [0.717, 1.165) is 10.9 Å². The molecule has 1 aromatic carbocycles. The van der Waals surface area contributed by atoms with Crippen molar-refractivity contribution in [2.45, 2.75) is 12.8 Å². The van der Waals surface area contributed by atoms with E-state index in [2.05, 4.69) is 20.7 Å². The van der Waals surface area contributed by atoms with E-state index < -0.39 is 30.6 Å². The number of anilines is 1. The number of carbonyl (C=O) groups excluding carboxylic acids is 2. The first-order valence-corrected chi connectivity index (χ1v) is 8.40. The molecule has 140 valence electrons. The van der Waals surface area contributed by atoms with E-state index in [1.54, 1.807) is 11.3 Å². The van der Waals surface area contributed by atoms with Crippen molar-refractivity contribution in [1.82, 2.24) is 10.6 Å². The molecule has 0 atom stereocenters. The second-order valence-corrected chi connectivity index (χ2v) is 6.06. The Labute approximate surface area is 151 Å². The summed E-state index contributed by atoms with van der Waals surface area (Å²) in [7, 11) is 0. The van der Waals surface area contributed by atoms with Crippen molar-refractivity contribution in [3.8, 4) is 5.75 Å². The molecule has 0 unspecified atom stereocenters. The van der Waals surface area contributed by atoms with Gasteiger partial charge in [0.05, 0.1) is 12.2 Å². The molecule has 0 spiro atoms. The van der Waals surface area contributed by atoms with Crippen molar-refractivity contribution in [3.63, 3.8) is 0 Å². The van der Waals surface area contributed by atoms with Gasteiger partial charge in [0.1, 0.15) is 0 Å². The first-order valence-electron chi connectivity index (χ1n) is 7.52. The van der Waals surface area contributed by atoms with E-state index in [1.165, 1.54) is 18.2 Å². The van der Waals surface area contributed by atoms with Crippen LogP contribution < -0.4 is 20.7 Å². The minimum absolute atomic E-state index is 0.0157. The molecule has 26 heavy (non-hydrogen) atoms. The lowest BCUT2D eigenvalue weighted by Gasteiger charge is -2.14. The number of para-hydroxylation sites is 2. The lowest BCUT2D eigenvalue weighted by molar-refractivity contribution is -0.274. The van der Waals surface area contributed by atoms with Gasteiger partial charge in [-0.15, -0.1) is 24.5 Å². The smallest absolute Gasteiger partial charge is 0.404 e.